The zero-order valence-electron chi connectivity index (χ0n) is 22.4. The Bertz CT molecular complexity index is 841. The highest BCUT2D eigenvalue weighted by molar-refractivity contribution is 5.95. The molecule has 0 aromatic heterocycles. The van der Waals surface area contributed by atoms with Crippen LogP contribution in [0.3, 0.4) is 0 Å². The molecule has 0 fully saturated rings. The first kappa shape index (κ1) is 33.0. The number of carbonyl (C=O) groups excluding carboxylic acids is 4. The third-order valence-electron chi connectivity index (χ3n) is 5.92. The minimum absolute atomic E-state index is 0.120. The molecule has 0 spiro atoms. The van der Waals surface area contributed by atoms with Gasteiger partial charge in [0.05, 0.1) is 12.2 Å². The van der Waals surface area contributed by atoms with Crippen molar-refractivity contribution in [2.75, 3.05) is 6.54 Å². The number of hydrogen-bond donors (Lipinski definition) is 7. The largest absolute Gasteiger partial charge is 0.393 e. The van der Waals surface area contributed by atoms with Crippen LogP contribution in [0.15, 0.2) is 36.5 Å². The zero-order valence-corrected chi connectivity index (χ0v) is 22.4. The molecule has 1 aliphatic rings. The number of nitrogens with one attached hydrogen (secondary N) is 4. The van der Waals surface area contributed by atoms with Crippen LogP contribution in [0.25, 0.3) is 0 Å². The monoisotopic (exact) mass is 536 g/mol. The highest BCUT2D eigenvalue weighted by atomic mass is 16.3. The molecule has 11 nitrogen and oxygen atoms in total. The van der Waals surface area contributed by atoms with Crippen molar-refractivity contribution in [3.63, 3.8) is 0 Å². The number of amides is 4. The van der Waals surface area contributed by atoms with Crippen molar-refractivity contribution in [1.29, 1.82) is 0 Å². The molecule has 0 saturated carbocycles. The maximum atomic E-state index is 12.9. The third-order valence-corrected chi connectivity index (χ3v) is 5.92. The summed E-state index contributed by atoms with van der Waals surface area (Å²) >= 11 is 0. The number of carbonyl (C=O) groups is 4. The van der Waals surface area contributed by atoms with Gasteiger partial charge in [-0.05, 0) is 32.3 Å². The standard InChI is InChI=1S/C27H44N4O7/c1-3-4-5-6-7-8-9-10-11-12-13-23(35)30-25(19(2)32)27(38)29-21-18-20(33)16-17-28-22(34)14-15-24(36)31-26(21)37/h10-15,19-21,24-25,32-33,36H,3-9,16-18H2,1-2H3,(H,28,34)(H,29,38)(H,30,35)(H,31,37). The Morgan fingerprint density at radius 3 is 2.55 bits per heavy atom. The van der Waals surface area contributed by atoms with E-state index < -0.39 is 54.1 Å². The van der Waals surface area contributed by atoms with E-state index in [1.54, 1.807) is 12.2 Å². The maximum absolute atomic E-state index is 12.9. The van der Waals surface area contributed by atoms with Crippen LogP contribution in [0, 0.1) is 0 Å². The van der Waals surface area contributed by atoms with Crippen molar-refractivity contribution in [3.05, 3.63) is 36.5 Å². The highest BCUT2D eigenvalue weighted by Crippen LogP contribution is 2.08. The molecule has 0 saturated heterocycles. The molecule has 0 aliphatic carbocycles. The summed E-state index contributed by atoms with van der Waals surface area (Å²) < 4.78 is 0. The Labute approximate surface area is 224 Å². The van der Waals surface area contributed by atoms with Crippen molar-refractivity contribution in [1.82, 2.24) is 21.3 Å². The first-order valence-electron chi connectivity index (χ1n) is 13.4. The molecule has 0 radical (unpaired) electrons. The van der Waals surface area contributed by atoms with Crippen LogP contribution in [0.1, 0.15) is 71.6 Å². The number of unbranched alkanes of at least 4 members (excludes halogenated alkanes) is 6. The molecule has 1 aliphatic heterocycles. The predicted octanol–water partition coefficient (Wildman–Crippen LogP) is 0.462. The van der Waals surface area contributed by atoms with Crippen molar-refractivity contribution in [2.24, 2.45) is 0 Å². The van der Waals surface area contributed by atoms with Gasteiger partial charge in [-0.1, -0.05) is 57.3 Å². The van der Waals surface area contributed by atoms with Gasteiger partial charge in [0.1, 0.15) is 18.3 Å². The van der Waals surface area contributed by atoms with E-state index in [2.05, 4.69) is 28.2 Å². The lowest BCUT2D eigenvalue weighted by Gasteiger charge is -2.26. The molecule has 38 heavy (non-hydrogen) atoms. The van der Waals surface area contributed by atoms with E-state index in [-0.39, 0.29) is 19.4 Å². The molecule has 0 aromatic carbocycles. The molecule has 0 aromatic rings. The topological polar surface area (TPSA) is 177 Å². The van der Waals surface area contributed by atoms with Gasteiger partial charge in [-0.3, -0.25) is 19.2 Å². The summed E-state index contributed by atoms with van der Waals surface area (Å²) in [6.45, 7) is 3.62. The molecule has 4 amide bonds. The van der Waals surface area contributed by atoms with Crippen molar-refractivity contribution in [2.45, 2.75) is 102 Å². The fourth-order valence-electron chi connectivity index (χ4n) is 3.74. The lowest BCUT2D eigenvalue weighted by Crippen LogP contribution is -2.58. The second-order valence-corrected chi connectivity index (χ2v) is 9.41. The molecule has 1 rings (SSSR count). The Kier molecular flexibility index (Phi) is 16.6. The first-order chi connectivity index (χ1) is 18.1. The second-order valence-electron chi connectivity index (χ2n) is 9.41. The predicted molar refractivity (Wildman–Crippen MR) is 143 cm³/mol. The summed E-state index contributed by atoms with van der Waals surface area (Å²) in [7, 11) is 0. The highest BCUT2D eigenvalue weighted by Gasteiger charge is 2.31. The van der Waals surface area contributed by atoms with Gasteiger partial charge >= 0.3 is 0 Å². The Hall–Kier alpha value is -3.02. The summed E-state index contributed by atoms with van der Waals surface area (Å²) in [5.41, 5.74) is 0. The van der Waals surface area contributed by atoms with E-state index in [4.69, 9.17) is 0 Å². The second kappa shape index (κ2) is 19.1. The van der Waals surface area contributed by atoms with Crippen molar-refractivity contribution in [3.8, 4) is 0 Å². The van der Waals surface area contributed by atoms with Gasteiger partial charge in [-0.25, -0.2) is 0 Å². The van der Waals surface area contributed by atoms with Crippen LogP contribution in [0.4, 0.5) is 0 Å². The fourth-order valence-corrected chi connectivity index (χ4v) is 3.74. The number of allylic oxidation sites excluding steroid dienone is 3. The van der Waals surface area contributed by atoms with Gasteiger partial charge in [-0.2, -0.15) is 0 Å². The van der Waals surface area contributed by atoms with E-state index in [1.807, 2.05) is 6.08 Å². The smallest absolute Gasteiger partial charge is 0.245 e. The molecular formula is C27H44N4O7. The molecule has 1 heterocycles. The van der Waals surface area contributed by atoms with Crippen LogP contribution in [0.2, 0.25) is 0 Å². The number of hydrogen-bond acceptors (Lipinski definition) is 7. The van der Waals surface area contributed by atoms with Gasteiger partial charge in [0.25, 0.3) is 0 Å². The first-order valence-corrected chi connectivity index (χ1v) is 13.4. The summed E-state index contributed by atoms with van der Waals surface area (Å²) in [5.74, 6) is -2.73. The average molecular weight is 537 g/mol. The number of rotatable bonds is 13. The van der Waals surface area contributed by atoms with Gasteiger partial charge in [0.15, 0.2) is 0 Å². The van der Waals surface area contributed by atoms with Crippen LogP contribution in [-0.2, 0) is 19.2 Å². The van der Waals surface area contributed by atoms with E-state index in [0.717, 1.165) is 25.0 Å². The average Bonchev–Trinajstić information content (AvgIpc) is 2.85. The Morgan fingerprint density at radius 2 is 1.84 bits per heavy atom. The van der Waals surface area contributed by atoms with Crippen molar-refractivity contribution >= 4 is 23.6 Å². The van der Waals surface area contributed by atoms with Crippen LogP contribution < -0.4 is 21.3 Å². The lowest BCUT2D eigenvalue weighted by molar-refractivity contribution is -0.134. The lowest BCUT2D eigenvalue weighted by atomic mass is 10.0. The van der Waals surface area contributed by atoms with Crippen LogP contribution in [-0.4, -0.2) is 76.0 Å². The van der Waals surface area contributed by atoms with E-state index >= 15 is 0 Å². The number of aliphatic hydroxyl groups is 3. The van der Waals surface area contributed by atoms with Gasteiger partial charge in [-0.15, -0.1) is 0 Å². The van der Waals surface area contributed by atoms with Crippen molar-refractivity contribution < 1.29 is 34.5 Å². The Morgan fingerprint density at radius 1 is 1.13 bits per heavy atom. The summed E-state index contributed by atoms with van der Waals surface area (Å²) in [6, 6.07) is -2.64. The normalized spacial score (nSPS) is 22.7. The van der Waals surface area contributed by atoms with E-state index in [1.165, 1.54) is 45.1 Å². The van der Waals surface area contributed by atoms with Gasteiger partial charge < -0.3 is 36.6 Å². The van der Waals surface area contributed by atoms with Gasteiger partial charge in [0, 0.05) is 25.1 Å². The molecular weight excluding hydrogens is 492 g/mol. The van der Waals surface area contributed by atoms with Crippen LogP contribution >= 0.6 is 0 Å². The molecule has 7 N–H and O–H groups in total. The summed E-state index contributed by atoms with van der Waals surface area (Å²) in [4.78, 5) is 49.4. The fraction of sp³-hybridized carbons (Fsp3) is 0.630. The minimum atomic E-state index is -1.50. The molecule has 5 unspecified atom stereocenters. The maximum Gasteiger partial charge on any atom is 0.245 e. The third kappa shape index (κ3) is 14.7. The van der Waals surface area contributed by atoms with Crippen LogP contribution in [0.5, 0.6) is 0 Å². The molecule has 214 valence electrons. The number of aliphatic hydroxyl groups excluding tert-OH is 3. The summed E-state index contributed by atoms with van der Waals surface area (Å²) in [5, 5.41) is 39.9. The molecule has 0 bridgehead atoms. The molecule has 11 heteroatoms. The van der Waals surface area contributed by atoms with E-state index in [9.17, 15) is 34.5 Å². The zero-order chi connectivity index (χ0) is 28.3. The van der Waals surface area contributed by atoms with Gasteiger partial charge in [0.2, 0.25) is 23.6 Å². The minimum Gasteiger partial charge on any atom is -0.393 e. The SMILES string of the molecule is CCCCCCCCC=CC=CC(=O)NC(C(=O)NC1CC(O)CCNC(=O)C=CC(O)NC1=O)C(C)O. The van der Waals surface area contributed by atoms with E-state index in [0.29, 0.717) is 0 Å². The quantitative estimate of drug-likeness (QED) is 0.102. The Balaban J connectivity index is 2.69. The molecule has 5 atom stereocenters. The summed E-state index contributed by atoms with van der Waals surface area (Å²) in [6.07, 6.45) is 12.8.